The molecule has 1 fully saturated rings. The summed E-state index contributed by atoms with van der Waals surface area (Å²) in [7, 11) is 0.0186. The predicted octanol–water partition coefficient (Wildman–Crippen LogP) is 1.45. The van der Waals surface area contributed by atoms with Crippen LogP contribution in [0.25, 0.3) is 10.7 Å². The summed E-state index contributed by atoms with van der Waals surface area (Å²) in [6.07, 6.45) is 1.49. The van der Waals surface area contributed by atoms with Crippen LogP contribution in [0.3, 0.4) is 0 Å². The first-order valence-electron chi connectivity index (χ1n) is 9.73. The lowest BCUT2D eigenvalue weighted by Gasteiger charge is -2.26. The highest BCUT2D eigenvalue weighted by Crippen LogP contribution is 2.30. The Hall–Kier alpha value is -3.39. The fraction of sp³-hybridized carbons (Fsp3) is 0.316. The van der Waals surface area contributed by atoms with E-state index in [9.17, 15) is 17.6 Å². The summed E-state index contributed by atoms with van der Waals surface area (Å²) in [5.74, 6) is -0.973. The molecule has 0 atom stereocenters. The number of sulfone groups is 1. The Morgan fingerprint density at radius 2 is 1.94 bits per heavy atom. The van der Waals surface area contributed by atoms with Gasteiger partial charge in [-0.3, -0.25) is 4.79 Å². The van der Waals surface area contributed by atoms with Crippen LogP contribution < -0.4 is 15.4 Å². The number of amides is 1. The van der Waals surface area contributed by atoms with Gasteiger partial charge in [-0.1, -0.05) is 11.3 Å². The Bertz CT molecular complexity index is 1300. The minimum absolute atomic E-state index is 0.0340. The molecule has 33 heavy (non-hydrogen) atoms. The van der Waals surface area contributed by atoms with Crippen molar-refractivity contribution >= 4 is 38.2 Å². The van der Waals surface area contributed by atoms with Gasteiger partial charge in [-0.05, 0) is 18.2 Å². The number of nitrogens with zero attached hydrogens (tertiary/aromatic N) is 6. The van der Waals surface area contributed by atoms with Gasteiger partial charge in [0.1, 0.15) is 0 Å². The van der Waals surface area contributed by atoms with Crippen LogP contribution in [0.5, 0.6) is 11.8 Å². The molecule has 0 unspecified atom stereocenters. The highest BCUT2D eigenvalue weighted by atomic mass is 32.2. The van der Waals surface area contributed by atoms with Crippen molar-refractivity contribution in [3.8, 4) is 22.5 Å². The summed E-state index contributed by atoms with van der Waals surface area (Å²) in [6, 6.07) is 3.62. The van der Waals surface area contributed by atoms with Crippen LogP contribution in [-0.2, 0) is 9.84 Å². The lowest BCUT2D eigenvalue weighted by molar-refractivity contribution is 0.0827. The minimum atomic E-state index is -3.11. The molecule has 14 heteroatoms. The van der Waals surface area contributed by atoms with Crippen LogP contribution in [0, 0.1) is 5.82 Å². The summed E-state index contributed by atoms with van der Waals surface area (Å²) in [6.45, 7) is 0.400. The fourth-order valence-electron chi connectivity index (χ4n) is 3.02. The highest BCUT2D eigenvalue weighted by molar-refractivity contribution is 7.91. The second-order valence-electron chi connectivity index (χ2n) is 7.39. The zero-order valence-electron chi connectivity index (χ0n) is 17.7. The van der Waals surface area contributed by atoms with E-state index in [1.54, 1.807) is 19.0 Å². The smallest absolute Gasteiger partial charge is 0.327 e. The van der Waals surface area contributed by atoms with E-state index in [1.807, 2.05) is 0 Å². The van der Waals surface area contributed by atoms with Gasteiger partial charge in [0.25, 0.3) is 5.91 Å². The zero-order chi connectivity index (χ0) is 23.8. The van der Waals surface area contributed by atoms with Crippen molar-refractivity contribution in [3.05, 3.63) is 35.8 Å². The molecule has 3 heterocycles. The number of nitrogens with two attached hydrogens (primary N) is 1. The summed E-state index contributed by atoms with van der Waals surface area (Å²) >= 11 is 1.15. The number of carbonyl (C=O) groups is 1. The Morgan fingerprint density at radius 3 is 2.55 bits per heavy atom. The van der Waals surface area contributed by atoms with Gasteiger partial charge in [-0.2, -0.15) is 15.0 Å². The molecule has 0 bridgehead atoms. The van der Waals surface area contributed by atoms with Gasteiger partial charge in [0, 0.05) is 32.7 Å². The number of benzene rings is 1. The number of hydrogen-bond donors (Lipinski definition) is 1. The van der Waals surface area contributed by atoms with E-state index in [4.69, 9.17) is 10.5 Å². The monoisotopic (exact) mass is 493 g/mol. The first kappa shape index (κ1) is 22.8. The molecular formula is C19H20FN7O4S2. The molecule has 0 radical (unpaired) electrons. The average Bonchev–Trinajstić information content (AvgIpc) is 3.20. The Balaban J connectivity index is 1.68. The van der Waals surface area contributed by atoms with E-state index in [0.29, 0.717) is 10.0 Å². The van der Waals surface area contributed by atoms with Crippen LogP contribution in [0.4, 0.5) is 15.5 Å². The number of thiazole rings is 1. The number of halogens is 1. The van der Waals surface area contributed by atoms with Crippen LogP contribution >= 0.6 is 11.3 Å². The molecular weight excluding hydrogens is 473 g/mol. The molecule has 11 nitrogen and oxygen atoms in total. The van der Waals surface area contributed by atoms with Gasteiger partial charge in [-0.15, -0.1) is 0 Å². The molecule has 2 N–H and O–H groups in total. The van der Waals surface area contributed by atoms with Crippen LogP contribution in [-0.4, -0.2) is 77.9 Å². The summed E-state index contributed by atoms with van der Waals surface area (Å²) in [4.78, 5) is 32.5. The quantitative estimate of drug-likeness (QED) is 0.554. The number of rotatable bonds is 5. The third-order valence-electron chi connectivity index (χ3n) is 4.76. The second-order valence-corrected chi connectivity index (χ2v) is 10.8. The van der Waals surface area contributed by atoms with Gasteiger partial charge in [0.15, 0.2) is 32.4 Å². The van der Waals surface area contributed by atoms with E-state index in [0.717, 1.165) is 17.4 Å². The number of nitrogen functional groups attached to an aromatic ring is 1. The van der Waals surface area contributed by atoms with E-state index < -0.39 is 15.7 Å². The molecule has 1 saturated heterocycles. The molecule has 1 aromatic carbocycles. The topological polar surface area (TPSA) is 144 Å². The lowest BCUT2D eigenvalue weighted by atomic mass is 10.2. The van der Waals surface area contributed by atoms with Crippen LogP contribution in [0.2, 0.25) is 0 Å². The predicted molar refractivity (Wildman–Crippen MR) is 121 cm³/mol. The highest BCUT2D eigenvalue weighted by Gasteiger charge is 2.25. The standard InChI is InChI=1S/C19H20FN7O4S2/c1-26(2)16(28)11-3-4-13(12(20)9-11)31-19-24-15(14-10-22-17(21)32-14)23-18(25-19)27-5-7-33(29,30)8-6-27/h3-4,9-10H,5-8H2,1-2H3,(H2,21,22). The van der Waals surface area contributed by atoms with Gasteiger partial charge in [0.2, 0.25) is 5.95 Å². The third-order valence-corrected chi connectivity index (χ3v) is 7.19. The first-order chi connectivity index (χ1) is 15.6. The van der Waals surface area contributed by atoms with Crippen molar-refractivity contribution in [1.82, 2.24) is 24.8 Å². The number of ether oxygens (including phenoxy) is 1. The van der Waals surface area contributed by atoms with Crippen molar-refractivity contribution in [2.75, 3.05) is 49.3 Å². The normalized spacial score (nSPS) is 15.3. The van der Waals surface area contributed by atoms with Crippen molar-refractivity contribution in [1.29, 1.82) is 0 Å². The van der Waals surface area contributed by atoms with Gasteiger partial charge >= 0.3 is 6.01 Å². The molecule has 0 spiro atoms. The summed E-state index contributed by atoms with van der Waals surface area (Å²) in [5.41, 5.74) is 5.88. The summed E-state index contributed by atoms with van der Waals surface area (Å²) < 4.78 is 43.8. The van der Waals surface area contributed by atoms with Crippen LogP contribution in [0.15, 0.2) is 24.4 Å². The van der Waals surface area contributed by atoms with E-state index in [2.05, 4.69) is 19.9 Å². The van der Waals surface area contributed by atoms with E-state index in [-0.39, 0.29) is 59.6 Å². The Labute approximate surface area is 193 Å². The van der Waals surface area contributed by atoms with Gasteiger partial charge < -0.3 is 20.3 Å². The summed E-state index contributed by atoms with van der Waals surface area (Å²) in [5, 5.41) is 0.311. The third kappa shape index (κ3) is 5.17. The SMILES string of the molecule is CN(C)C(=O)c1ccc(Oc2nc(-c3cnc(N)s3)nc(N3CCS(=O)(=O)CC3)n2)c(F)c1. The minimum Gasteiger partial charge on any atom is -0.421 e. The molecule has 3 aromatic rings. The molecule has 1 aliphatic heterocycles. The maximum absolute atomic E-state index is 14.7. The average molecular weight is 494 g/mol. The molecule has 174 valence electrons. The molecule has 4 rings (SSSR count). The van der Waals surface area contributed by atoms with E-state index >= 15 is 0 Å². The largest absolute Gasteiger partial charge is 0.421 e. The van der Waals surface area contributed by atoms with Crippen molar-refractivity contribution in [2.45, 2.75) is 0 Å². The van der Waals surface area contributed by atoms with Gasteiger partial charge in [0.05, 0.1) is 22.6 Å². The van der Waals surface area contributed by atoms with Gasteiger partial charge in [-0.25, -0.2) is 17.8 Å². The number of anilines is 2. The molecule has 1 amide bonds. The number of hydrogen-bond acceptors (Lipinski definition) is 11. The first-order valence-corrected chi connectivity index (χ1v) is 12.4. The van der Waals surface area contributed by atoms with Crippen molar-refractivity contribution < 1.29 is 22.3 Å². The lowest BCUT2D eigenvalue weighted by Crippen LogP contribution is -2.41. The molecule has 0 aliphatic carbocycles. The molecule has 1 aliphatic rings. The molecule has 2 aromatic heterocycles. The van der Waals surface area contributed by atoms with Crippen LogP contribution in [0.1, 0.15) is 10.4 Å². The second kappa shape index (κ2) is 8.86. The van der Waals surface area contributed by atoms with E-state index in [1.165, 1.54) is 23.2 Å². The maximum atomic E-state index is 14.7. The number of carbonyl (C=O) groups excluding carboxylic acids is 1. The van der Waals surface area contributed by atoms with Crippen molar-refractivity contribution in [2.24, 2.45) is 0 Å². The van der Waals surface area contributed by atoms with Crippen molar-refractivity contribution in [3.63, 3.8) is 0 Å². The molecule has 0 saturated carbocycles. The fourth-order valence-corrected chi connectivity index (χ4v) is 4.84. The Morgan fingerprint density at radius 1 is 1.21 bits per heavy atom. The maximum Gasteiger partial charge on any atom is 0.327 e. The zero-order valence-corrected chi connectivity index (χ0v) is 19.4. The number of aromatic nitrogens is 4. The Kier molecular flexibility index (Phi) is 6.12.